The van der Waals surface area contributed by atoms with Gasteiger partial charge in [-0.25, -0.2) is 0 Å². The molecule has 0 spiro atoms. The summed E-state index contributed by atoms with van der Waals surface area (Å²) < 4.78 is 5.92. The summed E-state index contributed by atoms with van der Waals surface area (Å²) in [6, 6.07) is -0.706. The van der Waals surface area contributed by atoms with Crippen LogP contribution in [0.1, 0.15) is 258 Å². The molecule has 6 heteroatoms. The van der Waals surface area contributed by atoms with Crippen LogP contribution in [0.15, 0.2) is 60.8 Å². The molecular weight excluding hydrogens is 767 g/mol. The first kappa shape index (κ1) is 59.6. The molecule has 0 rings (SSSR count). The van der Waals surface area contributed by atoms with E-state index < -0.39 is 18.2 Å². The Morgan fingerprint density at radius 2 is 0.855 bits per heavy atom. The molecule has 0 saturated carbocycles. The van der Waals surface area contributed by atoms with Crippen LogP contribution >= 0.6 is 0 Å². The molecular formula is C56H101NO5. The second kappa shape index (κ2) is 49.6. The highest BCUT2D eigenvalue weighted by atomic mass is 16.5. The number of aliphatic hydroxyl groups is 2. The van der Waals surface area contributed by atoms with Gasteiger partial charge in [0.15, 0.2) is 0 Å². The van der Waals surface area contributed by atoms with E-state index in [4.69, 9.17) is 4.74 Å². The lowest BCUT2D eigenvalue weighted by Gasteiger charge is -2.24. The first-order chi connectivity index (χ1) is 30.5. The molecule has 0 radical (unpaired) electrons. The van der Waals surface area contributed by atoms with E-state index in [0.29, 0.717) is 19.3 Å². The summed E-state index contributed by atoms with van der Waals surface area (Å²) in [7, 11) is 0. The Balaban J connectivity index is 4.52. The number of aliphatic hydroxyl groups excluding tert-OH is 2. The number of ether oxygens (including phenoxy) is 1. The highest BCUT2D eigenvalue weighted by molar-refractivity contribution is 5.77. The maximum atomic E-state index is 13.2. The van der Waals surface area contributed by atoms with Gasteiger partial charge in [-0.1, -0.05) is 261 Å². The highest BCUT2D eigenvalue weighted by Gasteiger charge is 2.24. The van der Waals surface area contributed by atoms with Crippen LogP contribution in [0.2, 0.25) is 0 Å². The fraction of sp³-hybridized carbons (Fsp3) is 0.786. The number of carbonyl (C=O) groups is 2. The third-order valence-electron chi connectivity index (χ3n) is 12.0. The van der Waals surface area contributed by atoms with Gasteiger partial charge in [-0.3, -0.25) is 9.59 Å². The van der Waals surface area contributed by atoms with Crippen molar-refractivity contribution in [2.75, 3.05) is 6.61 Å². The van der Waals surface area contributed by atoms with Crippen molar-refractivity contribution in [3.63, 3.8) is 0 Å². The third kappa shape index (κ3) is 44.2. The summed E-state index contributed by atoms with van der Waals surface area (Å²) in [4.78, 5) is 26.1. The summed E-state index contributed by atoms with van der Waals surface area (Å²) in [5.41, 5.74) is 0. The van der Waals surface area contributed by atoms with Crippen LogP contribution < -0.4 is 5.32 Å². The monoisotopic (exact) mass is 868 g/mol. The predicted molar refractivity (Wildman–Crippen MR) is 268 cm³/mol. The normalized spacial score (nSPS) is 13.7. The van der Waals surface area contributed by atoms with Crippen molar-refractivity contribution in [3.8, 4) is 0 Å². The van der Waals surface area contributed by atoms with Gasteiger partial charge in [0.1, 0.15) is 6.10 Å². The van der Waals surface area contributed by atoms with Gasteiger partial charge in [0.05, 0.1) is 25.2 Å². The lowest BCUT2D eigenvalue weighted by molar-refractivity contribution is -0.151. The molecule has 0 aromatic rings. The van der Waals surface area contributed by atoms with Crippen LogP contribution in [-0.2, 0) is 14.3 Å². The molecule has 62 heavy (non-hydrogen) atoms. The van der Waals surface area contributed by atoms with Crippen molar-refractivity contribution in [3.05, 3.63) is 60.8 Å². The van der Waals surface area contributed by atoms with Gasteiger partial charge >= 0.3 is 5.97 Å². The van der Waals surface area contributed by atoms with Crippen molar-refractivity contribution >= 4 is 11.9 Å². The number of unbranched alkanes of at least 4 members (excludes halogenated alkanes) is 29. The molecule has 0 aromatic heterocycles. The minimum Gasteiger partial charge on any atom is -0.462 e. The summed E-state index contributed by atoms with van der Waals surface area (Å²) in [5.74, 6) is -0.498. The SMILES string of the molecule is CCC/C=C/C=C/C=C/C=C/C=C/CCCCCCCC(=O)OC(CCCCCCCCCCCC)CC(=O)NC(CO)C(O)CCCCCCCCCCCCCCCCC. The zero-order valence-corrected chi connectivity index (χ0v) is 41.0. The molecule has 6 nitrogen and oxygen atoms in total. The second-order valence-electron chi connectivity index (χ2n) is 18.1. The number of carbonyl (C=O) groups excluding carboxylic acids is 2. The van der Waals surface area contributed by atoms with E-state index in [1.165, 1.54) is 128 Å². The largest absolute Gasteiger partial charge is 0.462 e. The van der Waals surface area contributed by atoms with E-state index in [1.807, 2.05) is 24.3 Å². The van der Waals surface area contributed by atoms with Crippen molar-refractivity contribution in [1.82, 2.24) is 5.32 Å². The molecule has 0 heterocycles. The van der Waals surface area contributed by atoms with Gasteiger partial charge < -0.3 is 20.3 Å². The van der Waals surface area contributed by atoms with E-state index in [9.17, 15) is 19.8 Å². The van der Waals surface area contributed by atoms with E-state index in [-0.39, 0.29) is 24.9 Å². The number of nitrogens with one attached hydrogen (secondary N) is 1. The molecule has 0 aromatic carbocycles. The fourth-order valence-electron chi connectivity index (χ4n) is 7.93. The average Bonchev–Trinajstić information content (AvgIpc) is 3.26. The zero-order valence-electron chi connectivity index (χ0n) is 41.0. The smallest absolute Gasteiger partial charge is 0.306 e. The Kier molecular flexibility index (Phi) is 47.6. The summed E-state index contributed by atoms with van der Waals surface area (Å²) >= 11 is 0. The lowest BCUT2D eigenvalue weighted by Crippen LogP contribution is -2.46. The Bertz CT molecular complexity index is 1110. The molecule has 0 fully saturated rings. The fourth-order valence-corrected chi connectivity index (χ4v) is 7.93. The standard InChI is InChI=1S/C56H101NO5/c1-4-7-10-13-16-19-22-24-26-27-28-30-32-34-37-40-43-46-49-56(61)62-52(47-44-41-38-35-21-18-15-12-9-6-3)50-55(60)57-53(51-58)54(59)48-45-42-39-36-33-31-29-25-23-20-17-14-11-8-5-2/h10,13,16,19,22,24,26-28,30,52-54,58-59H,4-9,11-12,14-15,17-18,20-21,23,25,29,31-51H2,1-3H3,(H,57,60)/b13-10+,19-16+,24-22+,27-26+,30-28+. The Labute approximate surface area is 384 Å². The highest BCUT2D eigenvalue weighted by Crippen LogP contribution is 2.18. The quantitative estimate of drug-likeness (QED) is 0.0322. The van der Waals surface area contributed by atoms with Crippen molar-refractivity contribution in [2.24, 2.45) is 0 Å². The van der Waals surface area contributed by atoms with Gasteiger partial charge in [0.25, 0.3) is 0 Å². The number of rotatable bonds is 47. The van der Waals surface area contributed by atoms with Crippen molar-refractivity contribution < 1.29 is 24.5 Å². The van der Waals surface area contributed by atoms with Crippen LogP contribution in [0.4, 0.5) is 0 Å². The maximum absolute atomic E-state index is 13.2. The van der Waals surface area contributed by atoms with Crippen LogP contribution in [0.25, 0.3) is 0 Å². The van der Waals surface area contributed by atoms with E-state index in [2.05, 4.69) is 62.5 Å². The van der Waals surface area contributed by atoms with Gasteiger partial charge in [-0.2, -0.15) is 0 Å². The summed E-state index contributed by atoms with van der Waals surface area (Å²) in [5, 5.41) is 23.8. The lowest BCUT2D eigenvalue weighted by atomic mass is 10.0. The Morgan fingerprint density at radius 3 is 1.31 bits per heavy atom. The van der Waals surface area contributed by atoms with Gasteiger partial charge in [0, 0.05) is 6.42 Å². The first-order valence-electron chi connectivity index (χ1n) is 26.6. The maximum Gasteiger partial charge on any atom is 0.306 e. The Hall–Kier alpha value is -2.44. The number of amides is 1. The Morgan fingerprint density at radius 1 is 0.468 bits per heavy atom. The number of allylic oxidation sites excluding steroid dienone is 10. The van der Waals surface area contributed by atoms with Crippen LogP contribution in [0, 0.1) is 0 Å². The minimum atomic E-state index is -0.792. The topological polar surface area (TPSA) is 95.9 Å². The predicted octanol–water partition coefficient (Wildman–Crippen LogP) is 16.0. The molecule has 0 bridgehead atoms. The second-order valence-corrected chi connectivity index (χ2v) is 18.1. The number of hydrogen-bond donors (Lipinski definition) is 3. The average molecular weight is 868 g/mol. The molecule has 0 aliphatic carbocycles. The third-order valence-corrected chi connectivity index (χ3v) is 12.0. The van der Waals surface area contributed by atoms with Crippen LogP contribution in [0.3, 0.4) is 0 Å². The van der Waals surface area contributed by atoms with Gasteiger partial charge in [-0.15, -0.1) is 0 Å². The molecule has 360 valence electrons. The van der Waals surface area contributed by atoms with Gasteiger partial charge in [-0.05, 0) is 44.9 Å². The number of hydrogen-bond acceptors (Lipinski definition) is 5. The summed E-state index contributed by atoms with van der Waals surface area (Å²) in [6.45, 7) is 6.39. The molecule has 0 aliphatic rings. The van der Waals surface area contributed by atoms with Crippen molar-refractivity contribution in [1.29, 1.82) is 0 Å². The molecule has 0 aliphatic heterocycles. The van der Waals surface area contributed by atoms with E-state index >= 15 is 0 Å². The molecule has 3 atom stereocenters. The first-order valence-corrected chi connectivity index (χ1v) is 26.6. The van der Waals surface area contributed by atoms with Crippen molar-refractivity contribution in [2.45, 2.75) is 277 Å². The van der Waals surface area contributed by atoms with E-state index in [0.717, 1.165) is 83.5 Å². The molecule has 1 amide bonds. The molecule has 3 unspecified atom stereocenters. The zero-order chi connectivity index (χ0) is 45.2. The minimum absolute atomic E-state index is 0.0676. The van der Waals surface area contributed by atoms with E-state index in [1.54, 1.807) is 0 Å². The van der Waals surface area contributed by atoms with Gasteiger partial charge in [0.2, 0.25) is 5.91 Å². The number of esters is 1. The van der Waals surface area contributed by atoms with Crippen LogP contribution in [0.5, 0.6) is 0 Å². The molecule has 0 saturated heterocycles. The molecule has 3 N–H and O–H groups in total. The van der Waals surface area contributed by atoms with Crippen LogP contribution in [-0.4, -0.2) is 46.9 Å². The summed E-state index contributed by atoms with van der Waals surface area (Å²) in [6.07, 6.45) is 61.3.